The molecule has 1 heterocycles. The molecular formula is C16H24N2O3. The Bertz CT molecular complexity index is 514. The number of hydrogen-bond donors (Lipinski definition) is 2. The molecular weight excluding hydrogens is 268 g/mol. The van der Waals surface area contributed by atoms with Crippen LogP contribution < -0.4 is 20.1 Å². The number of carbonyl (C=O) groups is 1. The summed E-state index contributed by atoms with van der Waals surface area (Å²) < 4.78 is 10.6. The third kappa shape index (κ3) is 3.29. The van der Waals surface area contributed by atoms with Gasteiger partial charge in [-0.05, 0) is 30.5 Å². The summed E-state index contributed by atoms with van der Waals surface area (Å²) in [5.41, 5.74) is 0.534. The van der Waals surface area contributed by atoms with Crippen LogP contribution in [-0.4, -0.2) is 39.3 Å². The zero-order valence-corrected chi connectivity index (χ0v) is 13.2. The molecule has 2 N–H and O–H groups in total. The fraction of sp³-hybridized carbons (Fsp3) is 0.562. The molecule has 0 aliphatic carbocycles. The highest BCUT2D eigenvalue weighted by Gasteiger charge is 2.33. The molecule has 21 heavy (non-hydrogen) atoms. The number of rotatable bonds is 4. The van der Waals surface area contributed by atoms with E-state index in [0.29, 0.717) is 17.1 Å². The summed E-state index contributed by atoms with van der Waals surface area (Å²) in [7, 11) is 3.11. The second-order valence-electron chi connectivity index (χ2n) is 6.02. The lowest BCUT2D eigenvalue weighted by Gasteiger charge is -2.39. The smallest absolute Gasteiger partial charge is 0.255 e. The zero-order chi connectivity index (χ0) is 15.5. The first kappa shape index (κ1) is 15.6. The second kappa shape index (κ2) is 6.35. The molecule has 1 aliphatic rings. The van der Waals surface area contributed by atoms with E-state index in [1.165, 1.54) is 0 Å². The summed E-state index contributed by atoms with van der Waals surface area (Å²) >= 11 is 0. The molecule has 1 aromatic rings. The minimum atomic E-state index is -0.120. The van der Waals surface area contributed by atoms with Crippen LogP contribution in [0.1, 0.15) is 30.6 Å². The predicted molar refractivity (Wildman–Crippen MR) is 82.1 cm³/mol. The molecule has 1 unspecified atom stereocenters. The third-order valence-electron chi connectivity index (χ3n) is 4.09. The third-order valence-corrected chi connectivity index (χ3v) is 4.09. The van der Waals surface area contributed by atoms with Crippen molar-refractivity contribution in [3.8, 4) is 11.5 Å². The van der Waals surface area contributed by atoms with Crippen LogP contribution in [-0.2, 0) is 0 Å². The van der Waals surface area contributed by atoms with E-state index >= 15 is 0 Å². The Morgan fingerprint density at radius 3 is 2.71 bits per heavy atom. The largest absolute Gasteiger partial charge is 0.493 e. The number of piperidine rings is 1. The molecule has 116 valence electrons. The van der Waals surface area contributed by atoms with Crippen LogP contribution >= 0.6 is 0 Å². The van der Waals surface area contributed by atoms with Gasteiger partial charge in [-0.3, -0.25) is 4.79 Å². The zero-order valence-electron chi connectivity index (χ0n) is 13.2. The van der Waals surface area contributed by atoms with Crippen molar-refractivity contribution in [1.82, 2.24) is 10.6 Å². The first-order valence-corrected chi connectivity index (χ1v) is 7.22. The lowest BCUT2D eigenvalue weighted by molar-refractivity contribution is 0.0865. The Morgan fingerprint density at radius 1 is 1.33 bits per heavy atom. The number of ether oxygens (including phenoxy) is 2. The number of nitrogens with one attached hydrogen (secondary N) is 2. The van der Waals surface area contributed by atoms with Gasteiger partial charge in [-0.15, -0.1) is 0 Å². The Balaban J connectivity index is 2.20. The summed E-state index contributed by atoms with van der Waals surface area (Å²) in [5.74, 6) is 0.921. The molecule has 1 amide bonds. The number of benzene rings is 1. The van der Waals surface area contributed by atoms with Crippen LogP contribution in [0.4, 0.5) is 0 Å². The molecule has 0 aromatic heterocycles. The van der Waals surface area contributed by atoms with Crippen molar-refractivity contribution in [3.05, 3.63) is 23.8 Å². The van der Waals surface area contributed by atoms with E-state index in [1.54, 1.807) is 32.4 Å². The lowest BCUT2D eigenvalue weighted by Crippen LogP contribution is -2.54. The van der Waals surface area contributed by atoms with Crippen molar-refractivity contribution in [2.24, 2.45) is 5.41 Å². The summed E-state index contributed by atoms with van der Waals surface area (Å²) in [4.78, 5) is 12.6. The SMILES string of the molecule is COc1cccc(C(=O)NC2CCNCC2(C)C)c1OC. The number of amides is 1. The van der Waals surface area contributed by atoms with Gasteiger partial charge in [0.05, 0.1) is 19.8 Å². The topological polar surface area (TPSA) is 59.6 Å². The number of carbonyl (C=O) groups excluding carboxylic acids is 1. The number of para-hydroxylation sites is 1. The van der Waals surface area contributed by atoms with Gasteiger partial charge >= 0.3 is 0 Å². The van der Waals surface area contributed by atoms with Crippen molar-refractivity contribution in [2.45, 2.75) is 26.3 Å². The van der Waals surface area contributed by atoms with E-state index in [0.717, 1.165) is 19.5 Å². The molecule has 0 saturated carbocycles. The molecule has 1 aliphatic heterocycles. The van der Waals surface area contributed by atoms with Gasteiger partial charge in [0.25, 0.3) is 5.91 Å². The van der Waals surface area contributed by atoms with Crippen molar-refractivity contribution in [3.63, 3.8) is 0 Å². The highest BCUT2D eigenvalue weighted by atomic mass is 16.5. The van der Waals surface area contributed by atoms with E-state index in [-0.39, 0.29) is 17.4 Å². The summed E-state index contributed by atoms with van der Waals surface area (Å²) in [6.45, 7) is 6.14. The molecule has 1 atom stereocenters. The van der Waals surface area contributed by atoms with E-state index in [1.807, 2.05) is 0 Å². The maximum atomic E-state index is 12.6. The van der Waals surface area contributed by atoms with Gasteiger partial charge in [0.2, 0.25) is 0 Å². The summed E-state index contributed by atoms with van der Waals surface area (Å²) in [5, 5.41) is 6.50. The van der Waals surface area contributed by atoms with Crippen molar-refractivity contribution < 1.29 is 14.3 Å². The van der Waals surface area contributed by atoms with Gasteiger partial charge in [0.1, 0.15) is 0 Å². The van der Waals surface area contributed by atoms with Crippen LogP contribution in [0, 0.1) is 5.41 Å². The highest BCUT2D eigenvalue weighted by Crippen LogP contribution is 2.31. The maximum absolute atomic E-state index is 12.6. The molecule has 0 bridgehead atoms. The van der Waals surface area contributed by atoms with Crippen molar-refractivity contribution >= 4 is 5.91 Å². The maximum Gasteiger partial charge on any atom is 0.255 e. The molecule has 0 spiro atoms. The van der Waals surface area contributed by atoms with Gasteiger partial charge < -0.3 is 20.1 Å². The molecule has 1 aromatic carbocycles. The Kier molecular flexibility index (Phi) is 4.73. The van der Waals surface area contributed by atoms with E-state index in [2.05, 4.69) is 24.5 Å². The van der Waals surface area contributed by atoms with Crippen LogP contribution in [0.25, 0.3) is 0 Å². The van der Waals surface area contributed by atoms with E-state index < -0.39 is 0 Å². The summed E-state index contributed by atoms with van der Waals surface area (Å²) in [6.07, 6.45) is 0.922. The van der Waals surface area contributed by atoms with Crippen molar-refractivity contribution in [2.75, 3.05) is 27.3 Å². The first-order chi connectivity index (χ1) is 9.99. The Morgan fingerprint density at radius 2 is 2.10 bits per heavy atom. The minimum absolute atomic E-state index is 0.0278. The van der Waals surface area contributed by atoms with Gasteiger partial charge in [0, 0.05) is 12.6 Å². The molecule has 1 fully saturated rings. The minimum Gasteiger partial charge on any atom is -0.493 e. The van der Waals surface area contributed by atoms with Crippen LogP contribution in [0.3, 0.4) is 0 Å². The molecule has 5 heteroatoms. The fourth-order valence-corrected chi connectivity index (χ4v) is 2.74. The Labute approximate surface area is 126 Å². The monoisotopic (exact) mass is 292 g/mol. The number of methoxy groups -OCH3 is 2. The van der Waals surface area contributed by atoms with Gasteiger partial charge in [-0.25, -0.2) is 0 Å². The van der Waals surface area contributed by atoms with E-state index in [9.17, 15) is 4.79 Å². The van der Waals surface area contributed by atoms with Gasteiger partial charge in [-0.2, -0.15) is 0 Å². The van der Waals surface area contributed by atoms with Gasteiger partial charge in [0.15, 0.2) is 11.5 Å². The van der Waals surface area contributed by atoms with Crippen molar-refractivity contribution in [1.29, 1.82) is 0 Å². The fourth-order valence-electron chi connectivity index (χ4n) is 2.74. The van der Waals surface area contributed by atoms with E-state index in [4.69, 9.17) is 9.47 Å². The average molecular weight is 292 g/mol. The number of hydrogen-bond acceptors (Lipinski definition) is 4. The first-order valence-electron chi connectivity index (χ1n) is 7.22. The van der Waals surface area contributed by atoms with Crippen LogP contribution in [0.5, 0.6) is 11.5 Å². The lowest BCUT2D eigenvalue weighted by atomic mass is 9.80. The molecule has 2 rings (SSSR count). The molecule has 5 nitrogen and oxygen atoms in total. The normalized spacial score (nSPS) is 20.7. The molecule has 1 saturated heterocycles. The second-order valence-corrected chi connectivity index (χ2v) is 6.02. The van der Waals surface area contributed by atoms with Crippen LogP contribution in [0.2, 0.25) is 0 Å². The summed E-state index contributed by atoms with van der Waals surface area (Å²) in [6, 6.07) is 5.47. The molecule has 0 radical (unpaired) electrons. The van der Waals surface area contributed by atoms with Gasteiger partial charge in [-0.1, -0.05) is 19.9 Å². The average Bonchev–Trinajstić information content (AvgIpc) is 2.48. The van der Waals surface area contributed by atoms with Crippen LogP contribution in [0.15, 0.2) is 18.2 Å². The Hall–Kier alpha value is -1.75. The standard InChI is InChI=1S/C16H24N2O3/c1-16(2)10-17-9-8-13(16)18-15(19)11-6-5-7-12(20-3)14(11)21-4/h5-7,13,17H,8-10H2,1-4H3,(H,18,19). The predicted octanol–water partition coefficient (Wildman–Crippen LogP) is 1.82. The quantitative estimate of drug-likeness (QED) is 0.889. The highest BCUT2D eigenvalue weighted by molar-refractivity contribution is 5.98.